The molecule has 0 spiro atoms. The van der Waals surface area contributed by atoms with Gasteiger partial charge in [0.2, 0.25) is 11.8 Å². The van der Waals surface area contributed by atoms with E-state index >= 15 is 0 Å². The Bertz CT molecular complexity index is 603. The molecule has 0 aromatic heterocycles. The van der Waals surface area contributed by atoms with E-state index in [4.69, 9.17) is 4.74 Å². The second-order valence-electron chi connectivity index (χ2n) is 6.51. The van der Waals surface area contributed by atoms with Crippen molar-refractivity contribution in [1.82, 2.24) is 10.2 Å². The number of esters is 1. The fourth-order valence-electron chi connectivity index (χ4n) is 3.03. The molecular formula is C20H28N2O4. The molecule has 6 heteroatoms. The third kappa shape index (κ3) is 6.17. The van der Waals surface area contributed by atoms with Gasteiger partial charge in [0, 0.05) is 25.9 Å². The highest BCUT2D eigenvalue weighted by molar-refractivity contribution is 5.91. The van der Waals surface area contributed by atoms with Gasteiger partial charge in [-0.25, -0.2) is 0 Å². The van der Waals surface area contributed by atoms with E-state index in [1.807, 2.05) is 30.3 Å². The summed E-state index contributed by atoms with van der Waals surface area (Å²) in [7, 11) is 0. The summed E-state index contributed by atoms with van der Waals surface area (Å²) in [6.45, 7) is 3.21. The molecule has 2 amide bonds. The Balaban J connectivity index is 1.83. The van der Waals surface area contributed by atoms with E-state index < -0.39 is 12.0 Å². The molecule has 1 atom stereocenters. The maximum absolute atomic E-state index is 12.4. The highest BCUT2D eigenvalue weighted by Crippen LogP contribution is 2.14. The van der Waals surface area contributed by atoms with E-state index in [1.54, 1.807) is 0 Å². The molecule has 1 aliphatic heterocycles. The molecule has 1 aromatic carbocycles. The van der Waals surface area contributed by atoms with E-state index in [9.17, 15) is 14.4 Å². The third-order valence-corrected chi connectivity index (χ3v) is 4.50. The van der Waals surface area contributed by atoms with Crippen molar-refractivity contribution in [1.29, 1.82) is 0 Å². The molecule has 1 heterocycles. The van der Waals surface area contributed by atoms with Crippen molar-refractivity contribution >= 4 is 17.8 Å². The lowest BCUT2D eigenvalue weighted by molar-refractivity contribution is -0.151. The van der Waals surface area contributed by atoms with Gasteiger partial charge >= 0.3 is 5.97 Å². The molecule has 0 unspecified atom stereocenters. The molecule has 1 aliphatic rings. The van der Waals surface area contributed by atoms with E-state index in [0.29, 0.717) is 25.9 Å². The number of unbranched alkanes of at least 4 members (excludes halogenated alkanes) is 2. The van der Waals surface area contributed by atoms with Gasteiger partial charge in [-0.3, -0.25) is 14.4 Å². The third-order valence-electron chi connectivity index (χ3n) is 4.50. The van der Waals surface area contributed by atoms with Gasteiger partial charge in [-0.15, -0.1) is 0 Å². The van der Waals surface area contributed by atoms with Crippen molar-refractivity contribution in [3.63, 3.8) is 0 Å². The minimum Gasteiger partial charge on any atom is -0.465 e. The number of carbonyl (C=O) groups excluding carboxylic acids is 3. The first kappa shape index (κ1) is 19.9. The van der Waals surface area contributed by atoms with Crippen LogP contribution in [0, 0.1) is 0 Å². The molecule has 142 valence electrons. The summed E-state index contributed by atoms with van der Waals surface area (Å²) in [6, 6.07) is 8.99. The molecule has 1 saturated heterocycles. The van der Waals surface area contributed by atoms with Crippen molar-refractivity contribution in [2.75, 3.05) is 19.7 Å². The lowest BCUT2D eigenvalue weighted by Crippen LogP contribution is -2.57. The summed E-state index contributed by atoms with van der Waals surface area (Å²) in [4.78, 5) is 38.2. The van der Waals surface area contributed by atoms with Gasteiger partial charge in [-0.05, 0) is 12.0 Å². The van der Waals surface area contributed by atoms with Crippen LogP contribution in [-0.4, -0.2) is 48.4 Å². The molecule has 2 rings (SSSR count). The minimum atomic E-state index is -0.762. The van der Waals surface area contributed by atoms with Crippen molar-refractivity contribution in [3.05, 3.63) is 35.9 Å². The Hall–Kier alpha value is -2.37. The quantitative estimate of drug-likeness (QED) is 0.540. The first-order chi connectivity index (χ1) is 12.6. The zero-order valence-corrected chi connectivity index (χ0v) is 15.4. The van der Waals surface area contributed by atoms with Gasteiger partial charge in [-0.2, -0.15) is 0 Å². The predicted molar refractivity (Wildman–Crippen MR) is 98.4 cm³/mol. The summed E-state index contributed by atoms with van der Waals surface area (Å²) in [5, 5.41) is 2.73. The average molecular weight is 360 g/mol. The maximum Gasteiger partial charge on any atom is 0.308 e. The smallest absolute Gasteiger partial charge is 0.308 e. The second kappa shape index (κ2) is 10.6. The Kier molecular flexibility index (Phi) is 8.12. The second-order valence-corrected chi connectivity index (χ2v) is 6.51. The summed E-state index contributed by atoms with van der Waals surface area (Å²) >= 11 is 0. The number of amides is 2. The zero-order valence-electron chi connectivity index (χ0n) is 15.4. The molecule has 26 heavy (non-hydrogen) atoms. The SMILES string of the molecule is CCCCCC(=O)N1CCNC(=O)[C@@H]1CC(=O)OCCc1ccccc1. The zero-order chi connectivity index (χ0) is 18.8. The largest absolute Gasteiger partial charge is 0.465 e. The summed E-state index contributed by atoms with van der Waals surface area (Å²) < 4.78 is 5.27. The lowest BCUT2D eigenvalue weighted by Gasteiger charge is -2.34. The van der Waals surface area contributed by atoms with E-state index in [1.165, 1.54) is 4.90 Å². The molecular weight excluding hydrogens is 332 g/mol. The lowest BCUT2D eigenvalue weighted by atomic mass is 10.1. The first-order valence-electron chi connectivity index (χ1n) is 9.38. The molecule has 0 bridgehead atoms. The van der Waals surface area contributed by atoms with Crippen LogP contribution >= 0.6 is 0 Å². The molecule has 6 nitrogen and oxygen atoms in total. The number of benzene rings is 1. The van der Waals surface area contributed by atoms with E-state index in [-0.39, 0.29) is 24.8 Å². The van der Waals surface area contributed by atoms with Gasteiger partial charge in [0.25, 0.3) is 0 Å². The van der Waals surface area contributed by atoms with E-state index in [0.717, 1.165) is 24.8 Å². The number of piperazine rings is 1. The van der Waals surface area contributed by atoms with Crippen LogP contribution in [0.15, 0.2) is 30.3 Å². The predicted octanol–water partition coefficient (Wildman–Crippen LogP) is 2.07. The minimum absolute atomic E-state index is 0.0598. The van der Waals surface area contributed by atoms with Gasteiger partial charge in [0.05, 0.1) is 13.0 Å². The normalized spacial score (nSPS) is 16.9. The van der Waals surface area contributed by atoms with Crippen molar-refractivity contribution < 1.29 is 19.1 Å². The van der Waals surface area contributed by atoms with Crippen LogP contribution in [0.5, 0.6) is 0 Å². The van der Waals surface area contributed by atoms with Crippen LogP contribution in [0.3, 0.4) is 0 Å². The number of ether oxygens (including phenoxy) is 1. The van der Waals surface area contributed by atoms with Crippen LogP contribution in [0.25, 0.3) is 0 Å². The van der Waals surface area contributed by atoms with E-state index in [2.05, 4.69) is 12.2 Å². The number of carbonyl (C=O) groups is 3. The molecule has 1 fully saturated rings. The van der Waals surface area contributed by atoms with Crippen LogP contribution in [0.1, 0.15) is 44.6 Å². The average Bonchev–Trinajstić information content (AvgIpc) is 2.64. The fourth-order valence-corrected chi connectivity index (χ4v) is 3.03. The Morgan fingerprint density at radius 2 is 2.00 bits per heavy atom. The standard InChI is InChI=1S/C20H28N2O4/c1-2-3-5-10-18(23)22-13-12-21-20(25)17(22)15-19(24)26-14-11-16-8-6-4-7-9-16/h4,6-9,17H,2-3,5,10-15H2,1H3,(H,21,25)/t17-/m0/s1. The molecule has 0 radical (unpaired) electrons. The summed E-state index contributed by atoms with van der Waals surface area (Å²) in [5.41, 5.74) is 1.09. The Morgan fingerprint density at radius 3 is 2.73 bits per heavy atom. The van der Waals surface area contributed by atoms with Crippen molar-refractivity contribution in [2.24, 2.45) is 0 Å². The fraction of sp³-hybridized carbons (Fsp3) is 0.550. The van der Waals surface area contributed by atoms with Crippen LogP contribution in [0.2, 0.25) is 0 Å². The van der Waals surface area contributed by atoms with Gasteiger partial charge in [-0.1, -0.05) is 50.1 Å². The maximum atomic E-state index is 12.4. The Labute approximate surface area is 154 Å². The Morgan fingerprint density at radius 1 is 1.23 bits per heavy atom. The number of rotatable bonds is 9. The molecule has 0 saturated carbocycles. The van der Waals surface area contributed by atoms with Crippen LogP contribution < -0.4 is 5.32 Å². The monoisotopic (exact) mass is 360 g/mol. The van der Waals surface area contributed by atoms with Crippen molar-refractivity contribution in [3.8, 4) is 0 Å². The summed E-state index contributed by atoms with van der Waals surface area (Å²) in [6.07, 6.45) is 3.77. The van der Waals surface area contributed by atoms with Crippen molar-refractivity contribution in [2.45, 2.75) is 51.5 Å². The topological polar surface area (TPSA) is 75.7 Å². The number of hydrogen-bond acceptors (Lipinski definition) is 4. The first-order valence-corrected chi connectivity index (χ1v) is 9.38. The summed E-state index contributed by atoms with van der Waals surface area (Å²) in [5.74, 6) is -0.787. The number of nitrogens with zero attached hydrogens (tertiary/aromatic N) is 1. The van der Waals surface area contributed by atoms with Gasteiger partial charge < -0.3 is 15.0 Å². The highest BCUT2D eigenvalue weighted by Gasteiger charge is 2.34. The number of nitrogens with one attached hydrogen (secondary N) is 1. The van der Waals surface area contributed by atoms with Gasteiger partial charge in [0.15, 0.2) is 0 Å². The van der Waals surface area contributed by atoms with Gasteiger partial charge in [0.1, 0.15) is 6.04 Å². The number of hydrogen-bond donors (Lipinski definition) is 1. The van der Waals surface area contributed by atoms with Crippen LogP contribution in [0.4, 0.5) is 0 Å². The van der Waals surface area contributed by atoms with Crippen LogP contribution in [-0.2, 0) is 25.5 Å². The molecule has 1 N–H and O–H groups in total. The highest BCUT2D eigenvalue weighted by atomic mass is 16.5. The molecule has 1 aromatic rings. The molecule has 0 aliphatic carbocycles.